The van der Waals surface area contributed by atoms with Gasteiger partial charge in [0.1, 0.15) is 5.70 Å². The maximum absolute atomic E-state index is 13.5. The molecular weight excluding hydrogens is 589 g/mol. The first-order valence-corrected chi connectivity index (χ1v) is 14.9. The number of carbonyl (C=O) groups excluding carboxylic acids is 3. The molecule has 4 aromatic carbocycles. The topological polar surface area (TPSA) is 87.3 Å². The fraction of sp³-hybridized carbons (Fsp3) is 0.121. The van der Waals surface area contributed by atoms with Gasteiger partial charge in [-0.05, 0) is 73.5 Å². The van der Waals surface area contributed by atoms with Crippen LogP contribution in [0.3, 0.4) is 0 Å². The van der Waals surface area contributed by atoms with Crippen molar-refractivity contribution >= 4 is 70.1 Å². The summed E-state index contributed by atoms with van der Waals surface area (Å²) >= 11 is 14.1. The van der Waals surface area contributed by atoms with Crippen molar-refractivity contribution in [3.63, 3.8) is 0 Å². The Bertz CT molecular complexity index is 1610. The van der Waals surface area contributed by atoms with E-state index in [2.05, 4.69) is 16.0 Å². The lowest BCUT2D eigenvalue weighted by Gasteiger charge is -2.17. The van der Waals surface area contributed by atoms with Crippen LogP contribution in [0.25, 0.3) is 6.08 Å². The minimum absolute atomic E-state index is 0.0408. The molecule has 0 bridgehead atoms. The number of hydrogen-bond acceptors (Lipinski definition) is 4. The highest BCUT2D eigenvalue weighted by atomic mass is 35.5. The summed E-state index contributed by atoms with van der Waals surface area (Å²) in [6, 6.07) is 28.3. The lowest BCUT2D eigenvalue weighted by molar-refractivity contribution is -0.116. The monoisotopic (exact) mass is 617 g/mol. The van der Waals surface area contributed by atoms with E-state index in [4.69, 9.17) is 23.2 Å². The Kier molecular flexibility index (Phi) is 10.8. The number of para-hydroxylation sites is 1. The number of halogens is 2. The maximum atomic E-state index is 13.5. The number of nitrogens with one attached hydrogen (secondary N) is 3. The van der Waals surface area contributed by atoms with E-state index < -0.39 is 11.8 Å². The number of amides is 3. The molecule has 0 fully saturated rings. The van der Waals surface area contributed by atoms with Crippen LogP contribution in [0.5, 0.6) is 0 Å². The van der Waals surface area contributed by atoms with Crippen LogP contribution in [0.4, 0.5) is 11.4 Å². The number of benzene rings is 4. The van der Waals surface area contributed by atoms with Gasteiger partial charge in [0.25, 0.3) is 11.8 Å². The Morgan fingerprint density at radius 1 is 0.833 bits per heavy atom. The highest BCUT2D eigenvalue weighted by Gasteiger charge is 2.20. The molecular formula is C33H29Cl2N3O3S. The van der Waals surface area contributed by atoms with Gasteiger partial charge in [-0.1, -0.05) is 78.7 Å². The third-order valence-electron chi connectivity index (χ3n) is 6.25. The van der Waals surface area contributed by atoms with Crippen LogP contribution in [0.15, 0.2) is 108 Å². The SMILES string of the molecule is CCC(Sc1cccc(NC(=O)/C(=C\c2c(Cl)cccc2Cl)NC(=O)c2ccccc2)c1)C(=O)Nc1ccccc1C. The summed E-state index contributed by atoms with van der Waals surface area (Å²) in [5.41, 5.74) is 2.99. The molecule has 3 amide bonds. The molecule has 214 valence electrons. The molecule has 0 aliphatic heterocycles. The van der Waals surface area contributed by atoms with E-state index in [1.165, 1.54) is 17.8 Å². The number of hydrogen-bond donors (Lipinski definition) is 3. The van der Waals surface area contributed by atoms with Gasteiger partial charge in [-0.25, -0.2) is 0 Å². The van der Waals surface area contributed by atoms with Gasteiger partial charge in [0.05, 0.1) is 5.25 Å². The van der Waals surface area contributed by atoms with Crippen molar-refractivity contribution in [3.05, 3.63) is 129 Å². The summed E-state index contributed by atoms with van der Waals surface area (Å²) in [5.74, 6) is -1.13. The summed E-state index contributed by atoms with van der Waals surface area (Å²) < 4.78 is 0. The Morgan fingerprint density at radius 3 is 2.19 bits per heavy atom. The Labute approximate surface area is 259 Å². The van der Waals surface area contributed by atoms with Crippen LogP contribution in [-0.4, -0.2) is 23.0 Å². The first-order valence-electron chi connectivity index (χ1n) is 13.2. The summed E-state index contributed by atoms with van der Waals surface area (Å²) in [6.45, 7) is 3.90. The van der Waals surface area contributed by atoms with Crippen molar-refractivity contribution in [2.75, 3.05) is 10.6 Å². The van der Waals surface area contributed by atoms with Crippen molar-refractivity contribution in [2.24, 2.45) is 0 Å². The normalized spacial score (nSPS) is 11.9. The molecule has 0 spiro atoms. The van der Waals surface area contributed by atoms with Crippen LogP contribution in [0.2, 0.25) is 10.0 Å². The van der Waals surface area contributed by atoms with Gasteiger partial charge in [0.15, 0.2) is 0 Å². The molecule has 9 heteroatoms. The predicted octanol–water partition coefficient (Wildman–Crippen LogP) is 8.22. The molecule has 0 heterocycles. The average Bonchev–Trinajstić information content (AvgIpc) is 2.99. The zero-order valence-corrected chi connectivity index (χ0v) is 25.3. The minimum atomic E-state index is -0.568. The molecule has 0 saturated carbocycles. The van der Waals surface area contributed by atoms with Gasteiger partial charge < -0.3 is 16.0 Å². The van der Waals surface area contributed by atoms with Gasteiger partial charge in [-0.2, -0.15) is 0 Å². The average molecular weight is 619 g/mol. The Morgan fingerprint density at radius 2 is 1.50 bits per heavy atom. The van der Waals surface area contributed by atoms with Gasteiger partial charge in [0, 0.05) is 37.4 Å². The number of aryl methyl sites for hydroxylation is 1. The van der Waals surface area contributed by atoms with E-state index in [9.17, 15) is 14.4 Å². The van der Waals surface area contributed by atoms with Gasteiger partial charge in [-0.3, -0.25) is 14.4 Å². The molecule has 0 aliphatic rings. The summed E-state index contributed by atoms with van der Waals surface area (Å²) in [6.07, 6.45) is 2.05. The standard InChI is InChI=1S/C33H29Cl2N3O3S/c1-3-30(33(41)37-28-18-8-7-11-21(28)2)42-24-15-9-14-23(19-24)36-32(40)29(20-25-26(34)16-10-17-27(25)35)38-31(39)22-12-5-4-6-13-22/h4-20,30H,3H2,1-2H3,(H,36,40)(H,37,41)(H,38,39)/b29-20+. The molecule has 1 unspecified atom stereocenters. The van der Waals surface area contributed by atoms with Crippen molar-refractivity contribution in [2.45, 2.75) is 30.4 Å². The summed E-state index contributed by atoms with van der Waals surface area (Å²) in [4.78, 5) is 40.3. The highest BCUT2D eigenvalue weighted by Crippen LogP contribution is 2.30. The first-order chi connectivity index (χ1) is 20.2. The van der Waals surface area contributed by atoms with Crippen molar-refractivity contribution in [1.82, 2.24) is 5.32 Å². The van der Waals surface area contributed by atoms with E-state index in [-0.39, 0.29) is 16.9 Å². The predicted molar refractivity (Wildman–Crippen MR) is 173 cm³/mol. The van der Waals surface area contributed by atoms with Crippen LogP contribution in [0, 0.1) is 6.92 Å². The Balaban J connectivity index is 1.54. The van der Waals surface area contributed by atoms with Crippen LogP contribution < -0.4 is 16.0 Å². The second-order valence-electron chi connectivity index (χ2n) is 9.31. The molecule has 3 N–H and O–H groups in total. The highest BCUT2D eigenvalue weighted by molar-refractivity contribution is 8.00. The molecule has 42 heavy (non-hydrogen) atoms. The van der Waals surface area contributed by atoms with Crippen molar-refractivity contribution in [3.8, 4) is 0 Å². The zero-order valence-electron chi connectivity index (χ0n) is 23.0. The molecule has 4 aromatic rings. The fourth-order valence-corrected chi connectivity index (χ4v) is 5.51. The number of rotatable bonds is 10. The van der Waals surface area contributed by atoms with Crippen molar-refractivity contribution < 1.29 is 14.4 Å². The summed E-state index contributed by atoms with van der Waals surface area (Å²) in [7, 11) is 0. The third-order valence-corrected chi connectivity index (χ3v) is 8.27. The molecule has 0 radical (unpaired) electrons. The van der Waals surface area contributed by atoms with Gasteiger partial charge in [-0.15, -0.1) is 11.8 Å². The van der Waals surface area contributed by atoms with E-state index in [1.807, 2.05) is 44.2 Å². The lowest BCUT2D eigenvalue weighted by atomic mass is 10.1. The fourth-order valence-electron chi connectivity index (χ4n) is 3.99. The largest absolute Gasteiger partial charge is 0.325 e. The quantitative estimate of drug-likeness (QED) is 0.124. The smallest absolute Gasteiger partial charge is 0.272 e. The van der Waals surface area contributed by atoms with E-state index in [0.717, 1.165) is 16.1 Å². The van der Waals surface area contributed by atoms with E-state index in [0.29, 0.717) is 33.3 Å². The number of thioether (sulfide) groups is 1. The van der Waals surface area contributed by atoms with Crippen LogP contribution >= 0.6 is 35.0 Å². The molecule has 6 nitrogen and oxygen atoms in total. The van der Waals surface area contributed by atoms with E-state index in [1.54, 1.807) is 66.7 Å². The van der Waals surface area contributed by atoms with Crippen molar-refractivity contribution in [1.29, 1.82) is 0 Å². The third kappa shape index (κ3) is 8.26. The first kappa shape index (κ1) is 30.9. The maximum Gasteiger partial charge on any atom is 0.272 e. The summed E-state index contributed by atoms with van der Waals surface area (Å²) in [5, 5.41) is 8.85. The van der Waals surface area contributed by atoms with Gasteiger partial charge in [0.2, 0.25) is 5.91 Å². The zero-order chi connectivity index (χ0) is 30.1. The van der Waals surface area contributed by atoms with Crippen LogP contribution in [0.1, 0.15) is 34.8 Å². The number of anilines is 2. The second-order valence-corrected chi connectivity index (χ2v) is 11.4. The second kappa shape index (κ2) is 14.7. The number of carbonyl (C=O) groups is 3. The van der Waals surface area contributed by atoms with E-state index >= 15 is 0 Å². The molecule has 4 rings (SSSR count). The molecule has 1 atom stereocenters. The van der Waals surface area contributed by atoms with Gasteiger partial charge >= 0.3 is 0 Å². The van der Waals surface area contributed by atoms with Crippen LogP contribution in [-0.2, 0) is 9.59 Å². The molecule has 0 saturated heterocycles. The minimum Gasteiger partial charge on any atom is -0.325 e. The molecule has 0 aromatic heterocycles. The lowest BCUT2D eigenvalue weighted by Crippen LogP contribution is -2.30. The molecule has 0 aliphatic carbocycles. The Hall–Kier alpha value is -4.04.